The first-order valence-electron chi connectivity index (χ1n) is 7.20. The van der Waals surface area contributed by atoms with Crippen molar-refractivity contribution < 1.29 is 58.9 Å². The van der Waals surface area contributed by atoms with Crippen molar-refractivity contribution in [3.63, 3.8) is 0 Å². The van der Waals surface area contributed by atoms with Crippen LogP contribution in [0.5, 0.6) is 0 Å². The van der Waals surface area contributed by atoms with Crippen molar-refractivity contribution in [3.05, 3.63) is 52.8 Å². The molecule has 0 amide bonds. The first kappa shape index (κ1) is 27.4. The maximum Gasteiger partial charge on any atom is 4.00 e. The van der Waals surface area contributed by atoms with E-state index in [1.165, 1.54) is 37.7 Å². The van der Waals surface area contributed by atoms with Gasteiger partial charge in [-0.2, -0.15) is 5.20 Å². The van der Waals surface area contributed by atoms with E-state index in [1.807, 2.05) is 0 Å². The van der Waals surface area contributed by atoms with E-state index in [4.69, 9.17) is 0 Å². The van der Waals surface area contributed by atoms with Crippen molar-refractivity contribution in [2.45, 2.75) is 46.0 Å². The largest absolute Gasteiger partial charge is 4.00 e. The van der Waals surface area contributed by atoms with Crippen LogP contribution >= 0.6 is 0 Å². The molecule has 1 aromatic carbocycles. The van der Waals surface area contributed by atoms with Crippen LogP contribution in [-0.2, 0) is 21.7 Å². The first-order chi connectivity index (χ1) is 8.83. The molecule has 0 radical (unpaired) electrons. The first-order valence-corrected chi connectivity index (χ1v) is 8.61. The molecule has 0 spiro atoms. The van der Waals surface area contributed by atoms with E-state index in [0.717, 1.165) is 0 Å². The summed E-state index contributed by atoms with van der Waals surface area (Å²) in [5.74, 6) is 0. The molecule has 1 aromatic rings. The minimum Gasteiger partial charge on any atom is -1.00 e. The Morgan fingerprint density at radius 3 is 2.09 bits per heavy atom. The molecule has 0 fully saturated rings. The minimum absolute atomic E-state index is 0. The summed E-state index contributed by atoms with van der Waals surface area (Å²) in [6.07, 6.45) is 9.97. The molecule has 0 aromatic heterocycles. The molecule has 0 nitrogen and oxygen atoms in total. The normalized spacial score (nSPS) is 12.9. The number of halogens is 3. The summed E-state index contributed by atoms with van der Waals surface area (Å²) in [6, 6.07) is 11.0. The van der Waals surface area contributed by atoms with Gasteiger partial charge in [-0.15, -0.1) is 0 Å². The predicted octanol–water partition coefficient (Wildman–Crippen LogP) is -5.52. The Labute approximate surface area is 171 Å². The molecule has 1 aliphatic rings. The second-order valence-electron chi connectivity index (χ2n) is 5.15. The van der Waals surface area contributed by atoms with E-state index >= 15 is 0 Å². The average molecular weight is 410 g/mol. The van der Waals surface area contributed by atoms with E-state index in [9.17, 15) is 0 Å². The molecule has 0 heterocycles. The maximum absolute atomic E-state index is 3.73. The second-order valence-corrected chi connectivity index (χ2v) is 7.17. The van der Waals surface area contributed by atoms with E-state index in [-0.39, 0.29) is 68.5 Å². The van der Waals surface area contributed by atoms with Crippen molar-refractivity contribution in [1.29, 1.82) is 0 Å². The Bertz CT molecular complexity index is 458. The Balaban J connectivity index is -0.000000902. The van der Waals surface area contributed by atoms with Gasteiger partial charge in [-0.3, -0.25) is 6.08 Å². The van der Waals surface area contributed by atoms with Gasteiger partial charge in [0.15, 0.2) is 0 Å². The fraction of sp³-hybridized carbons (Fsp3) is 0.412. The van der Waals surface area contributed by atoms with E-state index in [2.05, 4.69) is 50.3 Å². The number of allylic oxidation sites excluding steroid dienone is 4. The standard InChI is InChI=1S/C17H23Si.3ClH.Ti/c1-3-8-14-12-17(13-15(14)9-4-2)18-16-10-6-5-7-11-16;;;;/h5-7,10-11H,3-4,8-9,12,18H2,1-2H3;3*1H;/q-1;;;;+4/p-3. The molecule has 0 atom stereocenters. The number of hydrogen-bond donors (Lipinski definition) is 0. The minimum atomic E-state index is -0.269. The van der Waals surface area contributed by atoms with Gasteiger partial charge in [-0.1, -0.05) is 81.5 Å². The summed E-state index contributed by atoms with van der Waals surface area (Å²) in [5, 5.41) is 3.17. The smallest absolute Gasteiger partial charge is 1.00 e. The molecular weight excluding hydrogens is 386 g/mol. The van der Waals surface area contributed by atoms with Gasteiger partial charge in [0, 0.05) is 0 Å². The molecule has 2 rings (SSSR count). The molecule has 1 aliphatic carbocycles. The van der Waals surface area contributed by atoms with Crippen LogP contribution in [0.15, 0.2) is 46.7 Å². The van der Waals surface area contributed by atoms with Crippen molar-refractivity contribution in [3.8, 4) is 0 Å². The van der Waals surface area contributed by atoms with Gasteiger partial charge >= 0.3 is 21.7 Å². The van der Waals surface area contributed by atoms with Crippen molar-refractivity contribution in [1.82, 2.24) is 0 Å². The van der Waals surface area contributed by atoms with E-state index in [1.54, 1.807) is 16.0 Å². The van der Waals surface area contributed by atoms with Gasteiger partial charge in [0.05, 0.1) is 9.52 Å². The maximum atomic E-state index is 3.73. The summed E-state index contributed by atoms with van der Waals surface area (Å²) < 4.78 is 0. The molecule has 22 heavy (non-hydrogen) atoms. The van der Waals surface area contributed by atoms with Crippen LogP contribution in [0.2, 0.25) is 0 Å². The SMILES string of the molecule is CCCC1=C(CCC)CC([SiH2]c2ccccc2)=[C-]1.[Cl-].[Cl-].[Cl-].[Ti+4]. The van der Waals surface area contributed by atoms with Crippen LogP contribution in [-0.4, -0.2) is 9.52 Å². The Morgan fingerprint density at radius 2 is 1.55 bits per heavy atom. The Hall–Kier alpha value is 0.501. The number of benzene rings is 1. The molecule has 0 aliphatic heterocycles. The van der Waals surface area contributed by atoms with Crippen LogP contribution in [0, 0.1) is 6.08 Å². The van der Waals surface area contributed by atoms with Gasteiger partial charge in [-0.25, -0.2) is 11.1 Å². The third kappa shape index (κ3) is 8.38. The zero-order valence-electron chi connectivity index (χ0n) is 13.3. The molecule has 5 heteroatoms. The summed E-state index contributed by atoms with van der Waals surface area (Å²) in [4.78, 5) is 0. The average Bonchev–Trinajstić information content (AvgIpc) is 2.74. The summed E-state index contributed by atoms with van der Waals surface area (Å²) in [7, 11) is -0.269. The number of rotatable bonds is 6. The fourth-order valence-corrected chi connectivity index (χ4v) is 4.42. The molecule has 0 unspecified atom stereocenters. The third-order valence-corrected chi connectivity index (χ3v) is 5.23. The van der Waals surface area contributed by atoms with Crippen LogP contribution < -0.4 is 42.4 Å². The van der Waals surface area contributed by atoms with Crippen LogP contribution in [0.4, 0.5) is 0 Å². The van der Waals surface area contributed by atoms with Gasteiger partial charge < -0.3 is 37.2 Å². The van der Waals surface area contributed by atoms with Crippen LogP contribution in [0.3, 0.4) is 0 Å². The summed E-state index contributed by atoms with van der Waals surface area (Å²) >= 11 is 0. The van der Waals surface area contributed by atoms with Crippen LogP contribution in [0.1, 0.15) is 46.0 Å². The number of hydrogen-bond acceptors (Lipinski definition) is 0. The van der Waals surface area contributed by atoms with E-state index in [0.29, 0.717) is 0 Å². The fourth-order valence-electron chi connectivity index (χ4n) is 2.69. The van der Waals surface area contributed by atoms with Crippen molar-refractivity contribution in [2.75, 3.05) is 0 Å². The molecule has 0 bridgehead atoms. The molecule has 0 saturated heterocycles. The predicted molar refractivity (Wildman–Crippen MR) is 82.8 cm³/mol. The van der Waals surface area contributed by atoms with Gasteiger partial charge in [0.1, 0.15) is 0 Å². The zero-order valence-corrected chi connectivity index (χ0v) is 18.5. The zero-order chi connectivity index (χ0) is 12.8. The molecule has 0 saturated carbocycles. The van der Waals surface area contributed by atoms with Crippen molar-refractivity contribution in [2.24, 2.45) is 0 Å². The Morgan fingerprint density at radius 1 is 0.955 bits per heavy atom. The summed E-state index contributed by atoms with van der Waals surface area (Å²) in [5.41, 5.74) is 3.22. The molecule has 120 valence electrons. The Kier molecular flexibility index (Phi) is 18.7. The van der Waals surface area contributed by atoms with Gasteiger partial charge in [-0.05, 0) is 0 Å². The quantitative estimate of drug-likeness (QED) is 0.325. The van der Waals surface area contributed by atoms with Gasteiger partial charge in [0.25, 0.3) is 0 Å². The van der Waals surface area contributed by atoms with Crippen molar-refractivity contribution >= 4 is 14.7 Å². The van der Waals surface area contributed by atoms with Crippen LogP contribution in [0.25, 0.3) is 0 Å². The van der Waals surface area contributed by atoms with E-state index < -0.39 is 0 Å². The topological polar surface area (TPSA) is 0 Å². The molecular formula is C17H23Cl3SiTi. The third-order valence-electron chi connectivity index (χ3n) is 3.49. The van der Waals surface area contributed by atoms with Gasteiger partial charge in [0.2, 0.25) is 0 Å². The summed E-state index contributed by atoms with van der Waals surface area (Å²) in [6.45, 7) is 4.55. The monoisotopic (exact) mass is 408 g/mol. The molecule has 0 N–H and O–H groups in total. The second kappa shape index (κ2) is 15.1.